The van der Waals surface area contributed by atoms with Gasteiger partial charge in [0.25, 0.3) is 12.3 Å². The molecule has 1 fully saturated rings. The van der Waals surface area contributed by atoms with Gasteiger partial charge in [-0.25, -0.2) is 37.1 Å². The highest BCUT2D eigenvalue weighted by Crippen LogP contribution is 2.36. The summed E-state index contributed by atoms with van der Waals surface area (Å²) in [4.78, 5) is 42.6. The first-order valence-corrected chi connectivity index (χ1v) is 15.0. The quantitative estimate of drug-likeness (QED) is 0.215. The van der Waals surface area contributed by atoms with Gasteiger partial charge in [0.15, 0.2) is 22.7 Å². The average molecular weight is 691 g/mol. The van der Waals surface area contributed by atoms with Gasteiger partial charge >= 0.3 is 12.2 Å². The van der Waals surface area contributed by atoms with E-state index in [1.54, 1.807) is 30.2 Å². The van der Waals surface area contributed by atoms with Crippen molar-refractivity contribution in [1.82, 2.24) is 29.8 Å². The molecule has 0 bridgehead atoms. The van der Waals surface area contributed by atoms with Crippen molar-refractivity contribution in [3.63, 3.8) is 0 Å². The number of rotatable bonds is 9. The van der Waals surface area contributed by atoms with Crippen LogP contribution in [0.4, 0.5) is 32.8 Å². The monoisotopic (exact) mass is 690 g/mol. The molecule has 49 heavy (non-hydrogen) atoms. The Hall–Kier alpha value is -5.26. The molecule has 5 rings (SSSR count). The Kier molecular flexibility index (Phi) is 9.80. The first-order chi connectivity index (χ1) is 23.1. The SMILES string of the molecule is COc1cc(F)c(-c2cc(Cn3cnc4c(OC(N)=O)ncnc43)c(N3CCCC(NC(=O)OC(C)(C)C)(C(O)C(F)F)C3)cn2)cc1F. The largest absolute Gasteiger partial charge is 0.494 e. The lowest BCUT2D eigenvalue weighted by Crippen LogP contribution is -2.67. The minimum absolute atomic E-state index is 0.00283. The van der Waals surface area contributed by atoms with Gasteiger partial charge in [-0.2, -0.15) is 4.98 Å². The van der Waals surface area contributed by atoms with E-state index in [1.165, 1.54) is 25.7 Å². The topological polar surface area (TPSA) is 180 Å². The van der Waals surface area contributed by atoms with Crippen LogP contribution in [-0.4, -0.2) is 85.7 Å². The van der Waals surface area contributed by atoms with E-state index in [-0.39, 0.29) is 66.5 Å². The van der Waals surface area contributed by atoms with E-state index >= 15 is 4.39 Å². The van der Waals surface area contributed by atoms with Gasteiger partial charge in [0.2, 0.25) is 0 Å². The number of aromatic nitrogens is 5. The number of nitrogens with one attached hydrogen (secondary N) is 1. The minimum atomic E-state index is -3.21. The van der Waals surface area contributed by atoms with Crippen molar-refractivity contribution in [1.29, 1.82) is 0 Å². The molecule has 18 heteroatoms. The maximum atomic E-state index is 15.2. The van der Waals surface area contributed by atoms with Crippen molar-refractivity contribution in [2.45, 2.75) is 63.8 Å². The van der Waals surface area contributed by atoms with Gasteiger partial charge in [-0.3, -0.25) is 4.98 Å². The van der Waals surface area contributed by atoms with Crippen molar-refractivity contribution >= 4 is 29.0 Å². The molecule has 0 spiro atoms. The van der Waals surface area contributed by atoms with Gasteiger partial charge in [0, 0.05) is 24.7 Å². The third-order valence-electron chi connectivity index (χ3n) is 7.81. The summed E-state index contributed by atoms with van der Waals surface area (Å²) in [6.07, 6.45) is -3.48. The molecule has 1 saturated heterocycles. The Balaban J connectivity index is 1.60. The molecule has 2 unspecified atom stereocenters. The van der Waals surface area contributed by atoms with E-state index in [0.29, 0.717) is 11.3 Å². The van der Waals surface area contributed by atoms with Gasteiger partial charge in [0.05, 0.1) is 43.1 Å². The first-order valence-electron chi connectivity index (χ1n) is 15.0. The number of hydrogen-bond acceptors (Lipinski definition) is 11. The van der Waals surface area contributed by atoms with Gasteiger partial charge in [0.1, 0.15) is 23.8 Å². The standard InChI is InChI=1S/C31H34F4N8O6/c1-30(2,3)49-29(46)41-31(24(44)25(34)35)6-5-7-42(13-31)21-11-37-20(17-9-19(33)22(47-4)10-18(17)32)8-16(21)12-43-15-40-23-26(43)38-14-39-27(23)48-28(36)45/h8-11,14-15,24-25,44H,5-7,12-13H2,1-4H3,(H2,36,45)(H,41,46). The van der Waals surface area contributed by atoms with Crippen molar-refractivity contribution in [3.8, 4) is 22.9 Å². The number of aliphatic hydroxyl groups excluding tert-OH is 1. The molecule has 4 heterocycles. The van der Waals surface area contributed by atoms with Crippen LogP contribution in [0.1, 0.15) is 39.2 Å². The molecule has 0 aliphatic carbocycles. The number of nitrogens with two attached hydrogens (primary N) is 1. The molecule has 3 aromatic heterocycles. The molecule has 4 aromatic rings. The van der Waals surface area contributed by atoms with E-state index in [4.69, 9.17) is 19.9 Å². The number of anilines is 1. The van der Waals surface area contributed by atoms with Crippen LogP contribution in [-0.2, 0) is 11.3 Å². The van der Waals surface area contributed by atoms with Crippen LogP contribution < -0.4 is 25.4 Å². The third kappa shape index (κ3) is 7.58. The summed E-state index contributed by atoms with van der Waals surface area (Å²) in [6.45, 7) is 4.79. The minimum Gasteiger partial charge on any atom is -0.494 e. The second-order valence-corrected chi connectivity index (χ2v) is 12.4. The summed E-state index contributed by atoms with van der Waals surface area (Å²) in [5.74, 6) is -2.16. The number of hydrogen-bond donors (Lipinski definition) is 3. The lowest BCUT2D eigenvalue weighted by Gasteiger charge is -2.46. The second kappa shape index (κ2) is 13.7. The van der Waals surface area contributed by atoms with Crippen molar-refractivity contribution < 1.29 is 46.5 Å². The van der Waals surface area contributed by atoms with Gasteiger partial charge in [-0.15, -0.1) is 0 Å². The number of carbonyl (C=O) groups is 2. The maximum Gasteiger partial charge on any atom is 0.411 e. The molecule has 14 nitrogen and oxygen atoms in total. The average Bonchev–Trinajstić information content (AvgIpc) is 3.43. The Bertz CT molecular complexity index is 1870. The Morgan fingerprint density at radius 2 is 1.88 bits per heavy atom. The summed E-state index contributed by atoms with van der Waals surface area (Å²) < 4.78 is 74.8. The fourth-order valence-electron chi connectivity index (χ4n) is 5.71. The second-order valence-electron chi connectivity index (χ2n) is 12.4. The van der Waals surface area contributed by atoms with E-state index in [2.05, 4.69) is 25.3 Å². The Morgan fingerprint density at radius 1 is 1.12 bits per heavy atom. The van der Waals surface area contributed by atoms with E-state index in [0.717, 1.165) is 18.5 Å². The number of alkyl halides is 2. The van der Waals surface area contributed by atoms with E-state index in [9.17, 15) is 27.9 Å². The number of alkyl carbamates (subject to hydrolysis) is 1. The molecule has 262 valence electrons. The molecular weight excluding hydrogens is 656 g/mol. The molecule has 1 aliphatic heterocycles. The summed E-state index contributed by atoms with van der Waals surface area (Å²) in [7, 11) is 1.20. The smallest absolute Gasteiger partial charge is 0.411 e. The number of aliphatic hydroxyl groups is 1. The highest BCUT2D eigenvalue weighted by molar-refractivity contribution is 5.80. The van der Waals surface area contributed by atoms with Gasteiger partial charge < -0.3 is 39.8 Å². The highest BCUT2D eigenvalue weighted by Gasteiger charge is 2.48. The van der Waals surface area contributed by atoms with Crippen LogP contribution in [0.25, 0.3) is 22.4 Å². The number of imidazole rings is 1. The van der Waals surface area contributed by atoms with Crippen LogP contribution in [0.5, 0.6) is 11.6 Å². The van der Waals surface area contributed by atoms with Gasteiger partial charge in [-0.05, 0) is 51.3 Å². The van der Waals surface area contributed by atoms with Gasteiger partial charge in [-0.1, -0.05) is 0 Å². The lowest BCUT2D eigenvalue weighted by molar-refractivity contribution is -0.0664. The fraction of sp³-hybridized carbons (Fsp3) is 0.419. The number of piperidine rings is 1. The Morgan fingerprint density at radius 3 is 2.55 bits per heavy atom. The molecular formula is C31H34F4N8O6. The summed E-state index contributed by atoms with van der Waals surface area (Å²) in [5, 5.41) is 13.3. The molecule has 2 atom stereocenters. The number of pyridine rings is 1. The van der Waals surface area contributed by atoms with E-state index < -0.39 is 47.5 Å². The summed E-state index contributed by atoms with van der Waals surface area (Å²) in [5.41, 5.74) is 3.28. The fourth-order valence-corrected chi connectivity index (χ4v) is 5.71. The number of ether oxygens (including phenoxy) is 3. The number of fused-ring (bicyclic) bond motifs is 1. The maximum absolute atomic E-state index is 15.2. The Labute approximate surface area is 277 Å². The van der Waals surface area contributed by atoms with Crippen LogP contribution in [0.2, 0.25) is 0 Å². The number of methoxy groups -OCH3 is 1. The van der Waals surface area contributed by atoms with Crippen LogP contribution in [0.15, 0.2) is 37.1 Å². The van der Waals surface area contributed by atoms with Crippen LogP contribution in [0, 0.1) is 11.6 Å². The number of primary amides is 1. The van der Waals surface area contributed by atoms with Crippen molar-refractivity contribution in [2.24, 2.45) is 5.73 Å². The molecule has 1 aromatic carbocycles. The number of halogens is 4. The zero-order chi connectivity index (χ0) is 35.7. The summed E-state index contributed by atoms with van der Waals surface area (Å²) >= 11 is 0. The zero-order valence-corrected chi connectivity index (χ0v) is 26.9. The van der Waals surface area contributed by atoms with Crippen LogP contribution >= 0.6 is 0 Å². The van der Waals surface area contributed by atoms with Crippen LogP contribution in [0.3, 0.4) is 0 Å². The number of nitrogens with zero attached hydrogens (tertiary/aromatic N) is 6. The molecule has 1 aliphatic rings. The molecule has 4 N–H and O–H groups in total. The zero-order valence-electron chi connectivity index (χ0n) is 26.9. The lowest BCUT2D eigenvalue weighted by atomic mass is 9.83. The number of carbonyl (C=O) groups excluding carboxylic acids is 2. The predicted molar refractivity (Wildman–Crippen MR) is 166 cm³/mol. The normalized spacial score (nSPS) is 17.2. The number of benzene rings is 1. The first kappa shape index (κ1) is 35.1. The van der Waals surface area contributed by atoms with E-state index in [1.807, 2.05) is 0 Å². The molecule has 2 amide bonds. The van der Waals surface area contributed by atoms with Crippen molar-refractivity contribution in [3.05, 3.63) is 54.2 Å². The molecule has 0 saturated carbocycles. The summed E-state index contributed by atoms with van der Waals surface area (Å²) in [6, 6.07) is 3.30. The third-order valence-corrected chi connectivity index (χ3v) is 7.81. The van der Waals surface area contributed by atoms with Crippen molar-refractivity contribution in [2.75, 3.05) is 25.1 Å². The molecule has 0 radical (unpaired) electrons. The predicted octanol–water partition coefficient (Wildman–Crippen LogP) is 4.17. The number of amides is 2. The highest BCUT2D eigenvalue weighted by atomic mass is 19.3.